The third kappa shape index (κ3) is 1.80. The molecule has 0 aliphatic carbocycles. The molecule has 1 fully saturated rings. The molecule has 0 radical (unpaired) electrons. The number of hydrogen-bond donors (Lipinski definition) is 1. The van der Waals surface area contributed by atoms with Crippen molar-refractivity contribution in [2.75, 3.05) is 7.11 Å². The van der Waals surface area contributed by atoms with E-state index >= 15 is 0 Å². The monoisotopic (exact) mass is 210 g/mol. The molecule has 0 aromatic heterocycles. The molecule has 0 spiro atoms. The average Bonchev–Trinajstić information content (AvgIpc) is 2.37. The molecule has 2 atom stereocenters. The van der Waals surface area contributed by atoms with Crippen LogP contribution in [-0.2, 0) is 14.3 Å². The van der Waals surface area contributed by atoms with E-state index in [0.29, 0.717) is 0 Å². The largest absolute Gasteiger partial charge is 0.469 e. The first-order chi connectivity index (χ1) is 6.87. The molecule has 1 aliphatic heterocycles. The van der Waals surface area contributed by atoms with E-state index in [0.717, 1.165) is 0 Å². The SMILES string of the molecule is COC(=O)C[C@@]1(C)CC(=O)N[C@@]1(C)C#N. The maximum absolute atomic E-state index is 11.3. The Hall–Kier alpha value is -1.57. The van der Waals surface area contributed by atoms with Crippen LogP contribution in [0.2, 0.25) is 0 Å². The highest BCUT2D eigenvalue weighted by molar-refractivity contribution is 5.83. The van der Waals surface area contributed by atoms with Crippen LogP contribution in [0.5, 0.6) is 0 Å². The first kappa shape index (κ1) is 11.5. The minimum atomic E-state index is -1.00. The van der Waals surface area contributed by atoms with Crippen LogP contribution in [0.25, 0.3) is 0 Å². The number of ether oxygens (including phenoxy) is 1. The summed E-state index contributed by atoms with van der Waals surface area (Å²) >= 11 is 0. The van der Waals surface area contributed by atoms with Crippen LogP contribution < -0.4 is 5.32 Å². The number of rotatable bonds is 2. The summed E-state index contributed by atoms with van der Waals surface area (Å²) in [7, 11) is 1.29. The van der Waals surface area contributed by atoms with E-state index in [1.807, 2.05) is 0 Å². The summed E-state index contributed by atoms with van der Waals surface area (Å²) in [5.74, 6) is -0.610. The first-order valence-electron chi connectivity index (χ1n) is 4.66. The first-order valence-corrected chi connectivity index (χ1v) is 4.66. The second-order valence-electron chi connectivity index (χ2n) is 4.28. The predicted molar refractivity (Wildman–Crippen MR) is 51.5 cm³/mol. The van der Waals surface area contributed by atoms with Crippen LogP contribution in [0.15, 0.2) is 0 Å². The van der Waals surface area contributed by atoms with Crippen LogP contribution in [0.3, 0.4) is 0 Å². The van der Waals surface area contributed by atoms with E-state index in [2.05, 4.69) is 16.1 Å². The molecule has 0 aromatic rings. The predicted octanol–water partition coefficient (Wildman–Crippen LogP) is 0.358. The third-order valence-electron chi connectivity index (χ3n) is 3.13. The number of nitrogens with one attached hydrogen (secondary N) is 1. The van der Waals surface area contributed by atoms with E-state index in [1.54, 1.807) is 13.8 Å². The van der Waals surface area contributed by atoms with Gasteiger partial charge in [-0.1, -0.05) is 6.92 Å². The number of amides is 1. The van der Waals surface area contributed by atoms with Crippen molar-refractivity contribution in [2.24, 2.45) is 5.41 Å². The number of nitrogens with zero attached hydrogens (tertiary/aromatic N) is 1. The van der Waals surface area contributed by atoms with Crippen LogP contribution in [0.4, 0.5) is 0 Å². The molecule has 15 heavy (non-hydrogen) atoms. The van der Waals surface area contributed by atoms with Crippen molar-refractivity contribution < 1.29 is 14.3 Å². The molecule has 82 valence electrons. The second-order valence-corrected chi connectivity index (χ2v) is 4.28. The number of methoxy groups -OCH3 is 1. The molecule has 5 heteroatoms. The smallest absolute Gasteiger partial charge is 0.306 e. The number of nitriles is 1. The third-order valence-corrected chi connectivity index (χ3v) is 3.13. The standard InChI is InChI=1S/C10H14N2O3/c1-9(5-8(14)15-3)4-7(13)12-10(9,2)6-11/h4-5H2,1-3H3,(H,12,13)/t9-,10+/m1/s1. The average molecular weight is 210 g/mol. The van der Waals surface area contributed by atoms with E-state index < -0.39 is 16.9 Å². The number of carbonyl (C=O) groups excluding carboxylic acids is 2. The fourth-order valence-electron chi connectivity index (χ4n) is 1.80. The zero-order valence-electron chi connectivity index (χ0n) is 9.09. The molecule has 0 bridgehead atoms. The van der Waals surface area contributed by atoms with Gasteiger partial charge in [0.05, 0.1) is 19.6 Å². The summed E-state index contributed by atoms with van der Waals surface area (Å²) in [6, 6.07) is 2.05. The Balaban J connectivity index is 2.96. The molecule has 5 nitrogen and oxygen atoms in total. The second kappa shape index (κ2) is 3.54. The van der Waals surface area contributed by atoms with Crippen LogP contribution in [0.1, 0.15) is 26.7 Å². The van der Waals surface area contributed by atoms with Crippen molar-refractivity contribution >= 4 is 11.9 Å². The van der Waals surface area contributed by atoms with Gasteiger partial charge in [-0.2, -0.15) is 5.26 Å². The van der Waals surface area contributed by atoms with Gasteiger partial charge in [0, 0.05) is 11.8 Å². The zero-order chi connectivity index (χ0) is 11.7. The normalized spacial score (nSPS) is 34.4. The van der Waals surface area contributed by atoms with Gasteiger partial charge in [0.1, 0.15) is 5.54 Å². The fraction of sp³-hybridized carbons (Fsp3) is 0.700. The van der Waals surface area contributed by atoms with E-state index in [9.17, 15) is 9.59 Å². The Labute approximate surface area is 88.4 Å². The number of hydrogen-bond acceptors (Lipinski definition) is 4. The number of esters is 1. The summed E-state index contributed by atoms with van der Waals surface area (Å²) in [6.45, 7) is 3.37. The van der Waals surface area contributed by atoms with Gasteiger partial charge in [-0.05, 0) is 6.92 Å². The van der Waals surface area contributed by atoms with Gasteiger partial charge in [-0.15, -0.1) is 0 Å². The van der Waals surface area contributed by atoms with E-state index in [-0.39, 0.29) is 18.7 Å². The van der Waals surface area contributed by atoms with Gasteiger partial charge in [-0.25, -0.2) is 0 Å². The van der Waals surface area contributed by atoms with Crippen molar-refractivity contribution in [3.63, 3.8) is 0 Å². The molecule has 0 aromatic carbocycles. The molecular formula is C10H14N2O3. The van der Waals surface area contributed by atoms with Gasteiger partial charge in [0.15, 0.2) is 0 Å². The fourth-order valence-corrected chi connectivity index (χ4v) is 1.80. The van der Waals surface area contributed by atoms with Crippen LogP contribution in [0, 0.1) is 16.7 Å². The van der Waals surface area contributed by atoms with Gasteiger partial charge in [0.25, 0.3) is 0 Å². The molecule has 0 saturated carbocycles. The lowest BCUT2D eigenvalue weighted by molar-refractivity contribution is -0.143. The Morgan fingerprint density at radius 3 is 2.73 bits per heavy atom. The highest BCUT2D eigenvalue weighted by Crippen LogP contribution is 2.42. The summed E-state index contributed by atoms with van der Waals surface area (Å²) in [6.07, 6.45) is 0.235. The molecule has 1 N–H and O–H groups in total. The molecule has 1 heterocycles. The molecule has 1 amide bonds. The molecular weight excluding hydrogens is 196 g/mol. The van der Waals surface area contributed by atoms with Crippen molar-refractivity contribution in [3.8, 4) is 6.07 Å². The highest BCUT2D eigenvalue weighted by Gasteiger charge is 2.54. The van der Waals surface area contributed by atoms with Crippen LogP contribution in [-0.4, -0.2) is 24.5 Å². The Morgan fingerprint density at radius 1 is 1.67 bits per heavy atom. The summed E-state index contributed by atoms with van der Waals surface area (Å²) in [5.41, 5.74) is -1.70. The van der Waals surface area contributed by atoms with Crippen LogP contribution >= 0.6 is 0 Å². The maximum Gasteiger partial charge on any atom is 0.306 e. The van der Waals surface area contributed by atoms with Gasteiger partial charge in [-0.3, -0.25) is 9.59 Å². The lowest BCUT2D eigenvalue weighted by Crippen LogP contribution is -2.48. The minimum Gasteiger partial charge on any atom is -0.469 e. The van der Waals surface area contributed by atoms with Gasteiger partial charge >= 0.3 is 5.97 Å². The summed E-state index contributed by atoms with van der Waals surface area (Å²) in [4.78, 5) is 22.5. The highest BCUT2D eigenvalue weighted by atomic mass is 16.5. The van der Waals surface area contributed by atoms with Crippen molar-refractivity contribution in [3.05, 3.63) is 0 Å². The van der Waals surface area contributed by atoms with E-state index in [4.69, 9.17) is 5.26 Å². The van der Waals surface area contributed by atoms with Crippen molar-refractivity contribution in [1.29, 1.82) is 5.26 Å². The molecule has 1 aliphatic rings. The lowest BCUT2D eigenvalue weighted by Gasteiger charge is -2.33. The van der Waals surface area contributed by atoms with Crippen molar-refractivity contribution in [2.45, 2.75) is 32.2 Å². The minimum absolute atomic E-state index is 0.0618. The maximum atomic E-state index is 11.3. The molecule has 0 unspecified atom stereocenters. The lowest BCUT2D eigenvalue weighted by atomic mass is 9.71. The quantitative estimate of drug-likeness (QED) is 0.667. The molecule has 1 rings (SSSR count). The Kier molecular flexibility index (Phi) is 2.71. The Bertz CT molecular complexity index is 347. The molecule has 1 saturated heterocycles. The summed E-state index contributed by atoms with van der Waals surface area (Å²) in [5, 5.41) is 11.6. The van der Waals surface area contributed by atoms with Gasteiger partial charge in [0.2, 0.25) is 5.91 Å². The summed E-state index contributed by atoms with van der Waals surface area (Å²) < 4.78 is 4.56. The van der Waals surface area contributed by atoms with E-state index in [1.165, 1.54) is 7.11 Å². The van der Waals surface area contributed by atoms with Crippen molar-refractivity contribution in [1.82, 2.24) is 5.32 Å². The Morgan fingerprint density at radius 2 is 2.27 bits per heavy atom. The zero-order valence-corrected chi connectivity index (χ0v) is 9.09. The topological polar surface area (TPSA) is 79.2 Å². The van der Waals surface area contributed by atoms with Gasteiger partial charge < -0.3 is 10.1 Å². The number of carbonyl (C=O) groups is 2.